The lowest BCUT2D eigenvalue weighted by molar-refractivity contribution is -0.750. The van der Waals surface area contributed by atoms with E-state index < -0.39 is 0 Å². The van der Waals surface area contributed by atoms with Gasteiger partial charge < -0.3 is 17.0 Å². The van der Waals surface area contributed by atoms with Gasteiger partial charge in [-0.1, -0.05) is 47.5 Å². The molecule has 0 spiro atoms. The molecule has 1 aliphatic heterocycles. The molecule has 3 nitrogen and oxygen atoms in total. The lowest BCUT2D eigenvalue weighted by atomic mass is 9.87. The molecule has 0 saturated carbocycles. The fourth-order valence-corrected chi connectivity index (χ4v) is 3.88. The molecule has 25 heavy (non-hydrogen) atoms. The van der Waals surface area contributed by atoms with Gasteiger partial charge in [0.15, 0.2) is 0 Å². The minimum absolute atomic E-state index is 0. The van der Waals surface area contributed by atoms with E-state index in [1.165, 1.54) is 27.8 Å². The number of hydrogen-bond acceptors (Lipinski definition) is 1. The van der Waals surface area contributed by atoms with Crippen LogP contribution in [0.3, 0.4) is 0 Å². The number of fused-ring (bicyclic) bond motifs is 3. The molecule has 1 aliphatic rings. The van der Waals surface area contributed by atoms with E-state index >= 15 is 0 Å². The standard InChI is InChI=1S/C21H24N3.BrH/c1-15-9-16(2)11-17(10-15)13-23-14-24-20(22-23)19-8-6-5-7-18(19)12-21(24,3)4;/h5-11,14H,12-13H2,1-4H3;1H/q+1;/p-1. The highest BCUT2D eigenvalue weighted by Gasteiger charge is 2.37. The number of rotatable bonds is 2. The molecule has 130 valence electrons. The number of benzene rings is 2. The molecule has 4 heteroatoms. The summed E-state index contributed by atoms with van der Waals surface area (Å²) in [6, 6.07) is 15.3. The summed E-state index contributed by atoms with van der Waals surface area (Å²) in [7, 11) is 0. The third-order valence-electron chi connectivity index (χ3n) is 4.86. The first-order chi connectivity index (χ1) is 11.4. The number of aromatic nitrogens is 3. The highest BCUT2D eigenvalue weighted by atomic mass is 79.9. The first-order valence-corrected chi connectivity index (χ1v) is 8.57. The van der Waals surface area contributed by atoms with Crippen molar-refractivity contribution in [1.29, 1.82) is 0 Å². The van der Waals surface area contributed by atoms with Crippen LogP contribution in [0.15, 0.2) is 48.8 Å². The van der Waals surface area contributed by atoms with E-state index in [4.69, 9.17) is 5.10 Å². The molecule has 0 aliphatic carbocycles. The van der Waals surface area contributed by atoms with Gasteiger partial charge in [0, 0.05) is 11.5 Å². The van der Waals surface area contributed by atoms with Crippen molar-refractivity contribution in [3.8, 4) is 11.4 Å². The van der Waals surface area contributed by atoms with E-state index in [2.05, 4.69) is 85.7 Å². The normalized spacial score (nSPS) is 14.4. The second kappa shape index (κ2) is 6.41. The Labute approximate surface area is 160 Å². The maximum Gasteiger partial charge on any atom is 0.309 e. The Kier molecular flexibility index (Phi) is 4.58. The number of aryl methyl sites for hydroxylation is 2. The number of halogens is 1. The lowest BCUT2D eigenvalue weighted by Gasteiger charge is -2.28. The Hall–Kier alpha value is -1.94. The number of nitrogens with zero attached hydrogens (tertiary/aromatic N) is 3. The van der Waals surface area contributed by atoms with Gasteiger partial charge in [-0.3, -0.25) is 0 Å². The lowest BCUT2D eigenvalue weighted by Crippen LogP contribution is -3.00. The van der Waals surface area contributed by atoms with E-state index in [-0.39, 0.29) is 22.5 Å². The van der Waals surface area contributed by atoms with E-state index in [1.807, 2.05) is 0 Å². The molecule has 1 aromatic heterocycles. The zero-order valence-electron chi connectivity index (χ0n) is 15.3. The molecule has 3 aromatic rings. The first-order valence-electron chi connectivity index (χ1n) is 8.57. The van der Waals surface area contributed by atoms with Crippen molar-refractivity contribution in [2.75, 3.05) is 0 Å². The van der Waals surface area contributed by atoms with E-state index in [9.17, 15) is 0 Å². The van der Waals surface area contributed by atoms with Crippen molar-refractivity contribution in [1.82, 2.24) is 9.78 Å². The van der Waals surface area contributed by atoms with Crippen molar-refractivity contribution in [2.24, 2.45) is 0 Å². The Bertz CT molecular complexity index is 904. The molecule has 0 saturated heterocycles. The summed E-state index contributed by atoms with van der Waals surface area (Å²) in [6.07, 6.45) is 3.21. The van der Waals surface area contributed by atoms with Crippen molar-refractivity contribution in [3.63, 3.8) is 0 Å². The van der Waals surface area contributed by atoms with E-state index in [0.717, 1.165) is 18.8 Å². The van der Waals surface area contributed by atoms with Crippen molar-refractivity contribution < 1.29 is 21.5 Å². The summed E-state index contributed by atoms with van der Waals surface area (Å²) in [5.74, 6) is 1.08. The Morgan fingerprint density at radius 1 is 1.08 bits per heavy atom. The highest BCUT2D eigenvalue weighted by molar-refractivity contribution is 5.58. The van der Waals surface area contributed by atoms with Crippen LogP contribution in [0.1, 0.15) is 36.1 Å². The van der Waals surface area contributed by atoms with Gasteiger partial charge in [0.25, 0.3) is 0 Å². The van der Waals surface area contributed by atoms with E-state index in [1.54, 1.807) is 0 Å². The monoisotopic (exact) mass is 397 g/mol. The smallest absolute Gasteiger partial charge is 0.309 e. The average Bonchev–Trinajstić information content (AvgIpc) is 2.91. The molecule has 0 amide bonds. The Morgan fingerprint density at radius 3 is 2.48 bits per heavy atom. The molecule has 4 rings (SSSR count). The van der Waals surface area contributed by atoms with Gasteiger partial charge >= 0.3 is 5.82 Å². The van der Waals surface area contributed by atoms with Crippen LogP contribution in [0.5, 0.6) is 0 Å². The van der Waals surface area contributed by atoms with Gasteiger partial charge in [-0.25, -0.2) is 4.57 Å². The second-order valence-corrected chi connectivity index (χ2v) is 7.65. The van der Waals surface area contributed by atoms with Crippen LogP contribution in [0.25, 0.3) is 11.4 Å². The summed E-state index contributed by atoms with van der Waals surface area (Å²) >= 11 is 0. The molecule has 0 atom stereocenters. The summed E-state index contributed by atoms with van der Waals surface area (Å²) in [4.78, 5) is 0. The van der Waals surface area contributed by atoms with Crippen LogP contribution >= 0.6 is 0 Å². The maximum atomic E-state index is 4.92. The molecular weight excluding hydrogens is 374 g/mol. The molecule has 0 bridgehead atoms. The topological polar surface area (TPSA) is 21.7 Å². The van der Waals surface area contributed by atoms with Crippen LogP contribution in [0.4, 0.5) is 0 Å². The van der Waals surface area contributed by atoms with Gasteiger partial charge in [-0.2, -0.15) is 0 Å². The fraction of sp³-hybridized carbons (Fsp3) is 0.333. The molecule has 0 N–H and O–H groups in total. The van der Waals surface area contributed by atoms with Crippen LogP contribution in [-0.4, -0.2) is 9.78 Å². The molecule has 2 heterocycles. The van der Waals surface area contributed by atoms with Crippen LogP contribution < -0.4 is 21.5 Å². The fourth-order valence-electron chi connectivity index (χ4n) is 3.88. The second-order valence-electron chi connectivity index (χ2n) is 7.65. The first kappa shape index (κ1) is 17.9. The van der Waals surface area contributed by atoms with Crippen molar-refractivity contribution >= 4 is 0 Å². The summed E-state index contributed by atoms with van der Waals surface area (Å²) < 4.78 is 4.41. The summed E-state index contributed by atoms with van der Waals surface area (Å²) in [5.41, 5.74) is 6.61. The molecule has 0 radical (unpaired) electrons. The van der Waals surface area contributed by atoms with Gasteiger partial charge in [0.05, 0.1) is 11.1 Å². The van der Waals surface area contributed by atoms with Crippen molar-refractivity contribution in [2.45, 2.75) is 46.2 Å². The van der Waals surface area contributed by atoms with Crippen LogP contribution in [0.2, 0.25) is 0 Å². The third-order valence-corrected chi connectivity index (χ3v) is 4.86. The molecule has 0 unspecified atom stereocenters. The van der Waals surface area contributed by atoms with Gasteiger partial charge in [-0.05, 0) is 44.9 Å². The predicted octanol–water partition coefficient (Wildman–Crippen LogP) is 0.798. The SMILES string of the molecule is Cc1cc(C)cc(Cn2c[n+]3c(n2)-c2ccccc2CC3(C)C)c1.[Br-]. The Morgan fingerprint density at radius 2 is 1.76 bits per heavy atom. The minimum atomic E-state index is 0. The predicted molar refractivity (Wildman–Crippen MR) is 95.9 cm³/mol. The zero-order chi connectivity index (χ0) is 16.9. The average molecular weight is 398 g/mol. The van der Waals surface area contributed by atoms with Gasteiger partial charge in [0.1, 0.15) is 6.54 Å². The van der Waals surface area contributed by atoms with Crippen LogP contribution in [0, 0.1) is 13.8 Å². The quantitative estimate of drug-likeness (QED) is 0.586. The molecule has 0 fully saturated rings. The van der Waals surface area contributed by atoms with Gasteiger partial charge in [0.2, 0.25) is 6.33 Å². The Balaban J connectivity index is 0.00000182. The molecular formula is C21H24BrN3. The highest BCUT2D eigenvalue weighted by Crippen LogP contribution is 2.30. The summed E-state index contributed by atoms with van der Waals surface area (Å²) in [5, 5.41) is 4.92. The van der Waals surface area contributed by atoms with E-state index in [0.29, 0.717) is 0 Å². The van der Waals surface area contributed by atoms with Gasteiger partial charge in [-0.15, -0.1) is 4.68 Å². The van der Waals surface area contributed by atoms with Crippen molar-refractivity contribution in [3.05, 3.63) is 71.0 Å². The van der Waals surface area contributed by atoms with Crippen LogP contribution in [-0.2, 0) is 18.5 Å². The minimum Gasteiger partial charge on any atom is -1.00 e. The zero-order valence-corrected chi connectivity index (χ0v) is 16.8. The number of hydrogen-bond donors (Lipinski definition) is 0. The largest absolute Gasteiger partial charge is 1.00 e. The third kappa shape index (κ3) is 3.28. The maximum absolute atomic E-state index is 4.92. The summed E-state index contributed by atoms with van der Waals surface area (Å²) in [6.45, 7) is 9.68. The molecule has 2 aromatic carbocycles.